The first-order valence-electron chi connectivity index (χ1n) is 6.87. The Morgan fingerprint density at radius 1 is 1.19 bits per heavy atom. The molecule has 4 N–H and O–H groups in total. The Balaban J connectivity index is 2.45. The molecule has 0 aliphatic carbocycles. The van der Waals surface area contributed by atoms with Crippen LogP contribution in [0.2, 0.25) is 0 Å². The summed E-state index contributed by atoms with van der Waals surface area (Å²) in [4.78, 5) is 22.6. The molecule has 1 rings (SSSR count). The first-order chi connectivity index (χ1) is 9.81. The first-order valence-corrected chi connectivity index (χ1v) is 6.87. The molecule has 6 nitrogen and oxygen atoms in total. The van der Waals surface area contributed by atoms with E-state index in [4.69, 9.17) is 5.11 Å². The lowest BCUT2D eigenvalue weighted by Crippen LogP contribution is -2.32. The Morgan fingerprint density at radius 2 is 1.86 bits per heavy atom. The molecule has 2 unspecified atom stereocenters. The molecule has 1 amide bonds. The van der Waals surface area contributed by atoms with E-state index in [1.165, 1.54) is 12.1 Å². The third kappa shape index (κ3) is 5.33. The number of carbonyl (C=O) groups is 2. The molecular formula is C15H21NO5. The number of phenolic OH excluding ortho intramolecular Hbond substituents is 2. The Morgan fingerprint density at radius 3 is 2.43 bits per heavy atom. The van der Waals surface area contributed by atoms with Crippen LogP contribution >= 0.6 is 0 Å². The molecule has 116 valence electrons. The number of benzene rings is 1. The topological polar surface area (TPSA) is 107 Å². The van der Waals surface area contributed by atoms with E-state index in [9.17, 15) is 19.8 Å². The number of aliphatic carboxylic acids is 1. The highest BCUT2D eigenvalue weighted by Crippen LogP contribution is 2.22. The van der Waals surface area contributed by atoms with Crippen molar-refractivity contribution in [2.75, 3.05) is 0 Å². The van der Waals surface area contributed by atoms with Crippen molar-refractivity contribution in [2.45, 2.75) is 39.2 Å². The number of rotatable bonds is 7. The van der Waals surface area contributed by atoms with Gasteiger partial charge in [0.2, 0.25) is 0 Å². The predicted octanol–water partition coefficient (Wildman–Crippen LogP) is 2.11. The quantitative estimate of drug-likeness (QED) is 0.616. The maximum absolute atomic E-state index is 11.9. The van der Waals surface area contributed by atoms with E-state index >= 15 is 0 Å². The molecule has 0 fully saturated rings. The monoisotopic (exact) mass is 295 g/mol. The smallest absolute Gasteiger partial charge is 0.306 e. The minimum Gasteiger partial charge on any atom is -0.508 e. The lowest BCUT2D eigenvalue weighted by molar-refractivity contribution is -0.141. The summed E-state index contributed by atoms with van der Waals surface area (Å²) in [6, 6.07) is 3.65. The van der Waals surface area contributed by atoms with Gasteiger partial charge in [0, 0.05) is 12.1 Å². The average Bonchev–Trinajstić information content (AvgIpc) is 2.37. The molecule has 0 radical (unpaired) electrons. The molecule has 6 heteroatoms. The van der Waals surface area contributed by atoms with Crippen molar-refractivity contribution < 1.29 is 24.9 Å². The van der Waals surface area contributed by atoms with E-state index in [2.05, 4.69) is 5.32 Å². The zero-order valence-corrected chi connectivity index (χ0v) is 12.2. The van der Waals surface area contributed by atoms with Crippen molar-refractivity contribution in [2.24, 2.45) is 5.92 Å². The Bertz CT molecular complexity index is 515. The fraction of sp³-hybridized carbons (Fsp3) is 0.467. The van der Waals surface area contributed by atoms with Crippen molar-refractivity contribution in [1.29, 1.82) is 0 Å². The number of carboxylic acid groups (broad SMARTS) is 1. The minimum absolute atomic E-state index is 0.0959. The number of carboxylic acids is 1. The van der Waals surface area contributed by atoms with Crippen LogP contribution in [0.3, 0.4) is 0 Å². The highest BCUT2D eigenvalue weighted by Gasteiger charge is 2.15. The second-order valence-electron chi connectivity index (χ2n) is 5.25. The number of hydrogen-bond donors (Lipinski definition) is 4. The van der Waals surface area contributed by atoms with E-state index in [0.717, 1.165) is 6.07 Å². The molecule has 2 atom stereocenters. The molecule has 1 aromatic carbocycles. The van der Waals surface area contributed by atoms with Crippen molar-refractivity contribution in [3.8, 4) is 11.5 Å². The van der Waals surface area contributed by atoms with Gasteiger partial charge in [0.15, 0.2) is 0 Å². The second-order valence-corrected chi connectivity index (χ2v) is 5.25. The van der Waals surface area contributed by atoms with E-state index < -0.39 is 17.8 Å². The van der Waals surface area contributed by atoms with E-state index in [0.29, 0.717) is 19.3 Å². The number of phenols is 2. The molecule has 0 saturated heterocycles. The van der Waals surface area contributed by atoms with Crippen LogP contribution in [0.15, 0.2) is 18.2 Å². The van der Waals surface area contributed by atoms with Gasteiger partial charge in [-0.3, -0.25) is 9.59 Å². The summed E-state index contributed by atoms with van der Waals surface area (Å²) in [6.07, 6.45) is 1.90. The summed E-state index contributed by atoms with van der Waals surface area (Å²) in [5.41, 5.74) is 0.0959. The van der Waals surface area contributed by atoms with Crippen LogP contribution in [-0.2, 0) is 4.79 Å². The Hall–Kier alpha value is -2.24. The third-order valence-electron chi connectivity index (χ3n) is 3.30. The van der Waals surface area contributed by atoms with Gasteiger partial charge >= 0.3 is 5.97 Å². The maximum atomic E-state index is 11.9. The van der Waals surface area contributed by atoms with E-state index in [1.54, 1.807) is 6.92 Å². The fourth-order valence-electron chi connectivity index (χ4n) is 1.94. The minimum atomic E-state index is -0.819. The van der Waals surface area contributed by atoms with Gasteiger partial charge in [0.05, 0.1) is 11.5 Å². The van der Waals surface area contributed by atoms with Crippen LogP contribution in [0.25, 0.3) is 0 Å². The van der Waals surface area contributed by atoms with Gasteiger partial charge in [0.1, 0.15) is 11.5 Å². The summed E-state index contributed by atoms with van der Waals surface area (Å²) < 4.78 is 0. The molecule has 0 aliphatic heterocycles. The van der Waals surface area contributed by atoms with Crippen molar-refractivity contribution in [1.82, 2.24) is 5.32 Å². The first kappa shape index (κ1) is 16.8. The van der Waals surface area contributed by atoms with Crippen molar-refractivity contribution >= 4 is 11.9 Å². The number of hydrogen-bond acceptors (Lipinski definition) is 4. The summed E-state index contributed by atoms with van der Waals surface area (Å²) in [6.45, 7) is 3.47. The molecular weight excluding hydrogens is 274 g/mol. The van der Waals surface area contributed by atoms with Crippen LogP contribution in [0, 0.1) is 5.92 Å². The molecule has 1 aromatic rings. The van der Waals surface area contributed by atoms with Crippen LogP contribution < -0.4 is 5.32 Å². The Labute approximate surface area is 123 Å². The largest absolute Gasteiger partial charge is 0.508 e. The van der Waals surface area contributed by atoms with Crippen LogP contribution in [0.1, 0.15) is 43.5 Å². The average molecular weight is 295 g/mol. The number of aromatic hydroxyl groups is 2. The summed E-state index contributed by atoms with van der Waals surface area (Å²) in [7, 11) is 0. The lowest BCUT2D eigenvalue weighted by atomic mass is 10.0. The zero-order valence-electron chi connectivity index (χ0n) is 12.2. The summed E-state index contributed by atoms with van der Waals surface area (Å²) in [5.74, 6) is -2.03. The highest BCUT2D eigenvalue weighted by molar-refractivity contribution is 5.97. The molecule has 0 aliphatic rings. The van der Waals surface area contributed by atoms with E-state index in [1.807, 2.05) is 6.92 Å². The molecule has 0 heterocycles. The van der Waals surface area contributed by atoms with Gasteiger partial charge in [0.25, 0.3) is 5.91 Å². The standard InChI is InChI=1S/C15H21NO5/c1-9(15(20)21)4-3-5-10(2)16-14(19)12-7-6-11(17)8-13(12)18/h6-10,17-18H,3-5H2,1-2H3,(H,16,19)(H,20,21). The van der Waals surface area contributed by atoms with Crippen molar-refractivity contribution in [3.63, 3.8) is 0 Å². The van der Waals surface area contributed by atoms with Crippen LogP contribution in [0.4, 0.5) is 0 Å². The van der Waals surface area contributed by atoms with Gasteiger partial charge < -0.3 is 20.6 Å². The SMILES string of the molecule is CC(CCCC(C)C(=O)O)NC(=O)c1ccc(O)cc1O. The predicted molar refractivity (Wildman–Crippen MR) is 77.4 cm³/mol. The Kier molecular flexibility index (Phi) is 6.02. The summed E-state index contributed by atoms with van der Waals surface area (Å²) >= 11 is 0. The number of nitrogens with one attached hydrogen (secondary N) is 1. The number of carbonyl (C=O) groups excluding carboxylic acids is 1. The zero-order chi connectivity index (χ0) is 16.0. The molecule has 0 bridgehead atoms. The summed E-state index contributed by atoms with van der Waals surface area (Å²) in [5, 5.41) is 30.3. The molecule has 21 heavy (non-hydrogen) atoms. The number of amides is 1. The normalized spacial score (nSPS) is 13.4. The molecule has 0 aromatic heterocycles. The van der Waals surface area contributed by atoms with Crippen molar-refractivity contribution in [3.05, 3.63) is 23.8 Å². The lowest BCUT2D eigenvalue weighted by Gasteiger charge is -2.15. The van der Waals surface area contributed by atoms with Crippen LogP contribution in [0.5, 0.6) is 11.5 Å². The van der Waals surface area contributed by atoms with Gasteiger partial charge in [-0.25, -0.2) is 0 Å². The molecule has 0 saturated carbocycles. The van der Waals surface area contributed by atoms with Gasteiger partial charge in [-0.1, -0.05) is 13.3 Å². The third-order valence-corrected chi connectivity index (χ3v) is 3.30. The van der Waals surface area contributed by atoms with Gasteiger partial charge in [-0.05, 0) is 31.9 Å². The van der Waals surface area contributed by atoms with Gasteiger partial charge in [-0.2, -0.15) is 0 Å². The maximum Gasteiger partial charge on any atom is 0.306 e. The molecule has 0 spiro atoms. The van der Waals surface area contributed by atoms with E-state index in [-0.39, 0.29) is 23.1 Å². The van der Waals surface area contributed by atoms with Crippen LogP contribution in [-0.4, -0.2) is 33.2 Å². The fourth-order valence-corrected chi connectivity index (χ4v) is 1.94. The second kappa shape index (κ2) is 7.52. The van der Waals surface area contributed by atoms with Gasteiger partial charge in [-0.15, -0.1) is 0 Å². The highest BCUT2D eigenvalue weighted by atomic mass is 16.4.